The van der Waals surface area contributed by atoms with Crippen molar-refractivity contribution in [2.45, 2.75) is 19.9 Å². The van der Waals surface area contributed by atoms with Crippen molar-refractivity contribution in [2.24, 2.45) is 0 Å². The van der Waals surface area contributed by atoms with Gasteiger partial charge in [0.2, 0.25) is 5.91 Å². The maximum Gasteiger partial charge on any atom is 0.267 e. The molecule has 1 aromatic rings. The lowest BCUT2D eigenvalue weighted by Crippen LogP contribution is -2.42. The molecule has 2 amide bonds. The van der Waals surface area contributed by atoms with Crippen LogP contribution < -0.4 is 5.32 Å². The van der Waals surface area contributed by atoms with Crippen LogP contribution in [-0.2, 0) is 16.1 Å². The van der Waals surface area contributed by atoms with Gasteiger partial charge in [0.15, 0.2) is 0 Å². The summed E-state index contributed by atoms with van der Waals surface area (Å²) in [5.74, 6) is -0.0945. The lowest BCUT2D eigenvalue weighted by Gasteiger charge is -2.26. The molecule has 1 saturated heterocycles. The van der Waals surface area contributed by atoms with Crippen molar-refractivity contribution in [1.29, 1.82) is 0 Å². The minimum atomic E-state index is -0.155. The van der Waals surface area contributed by atoms with E-state index in [4.69, 9.17) is 4.74 Å². The molecule has 2 rings (SSSR count). The van der Waals surface area contributed by atoms with Crippen LogP contribution in [0.1, 0.15) is 23.8 Å². The molecule has 1 aliphatic rings. The van der Waals surface area contributed by atoms with E-state index in [0.717, 1.165) is 11.0 Å². The summed E-state index contributed by atoms with van der Waals surface area (Å²) in [7, 11) is 0. The van der Waals surface area contributed by atoms with E-state index in [-0.39, 0.29) is 11.8 Å². The molecule has 1 aromatic heterocycles. The quantitative estimate of drug-likeness (QED) is 0.862. The van der Waals surface area contributed by atoms with Crippen LogP contribution in [0.5, 0.6) is 0 Å². The van der Waals surface area contributed by atoms with E-state index in [1.165, 1.54) is 0 Å². The number of hydrogen-bond donors (Lipinski definition) is 1. The molecule has 0 saturated carbocycles. The van der Waals surface area contributed by atoms with Crippen LogP contribution in [0.3, 0.4) is 0 Å². The first-order chi connectivity index (χ1) is 10.1. The number of rotatable bonds is 5. The van der Waals surface area contributed by atoms with E-state index < -0.39 is 0 Å². The van der Waals surface area contributed by atoms with Crippen molar-refractivity contribution in [2.75, 3.05) is 32.8 Å². The molecular formula is C14H20BrN3O3. The average Bonchev–Trinajstić information content (AvgIpc) is 2.89. The zero-order valence-corrected chi connectivity index (χ0v) is 13.7. The highest BCUT2D eigenvalue weighted by Gasteiger charge is 2.17. The van der Waals surface area contributed by atoms with Gasteiger partial charge in [-0.05, 0) is 28.9 Å². The Morgan fingerprint density at radius 2 is 2.10 bits per heavy atom. The van der Waals surface area contributed by atoms with Crippen LogP contribution in [0.4, 0.5) is 0 Å². The van der Waals surface area contributed by atoms with Gasteiger partial charge in [-0.25, -0.2) is 0 Å². The van der Waals surface area contributed by atoms with E-state index >= 15 is 0 Å². The molecule has 0 aromatic carbocycles. The summed E-state index contributed by atoms with van der Waals surface area (Å²) >= 11 is 3.36. The largest absolute Gasteiger partial charge is 0.378 e. The third kappa shape index (κ3) is 4.31. The first-order valence-electron chi connectivity index (χ1n) is 7.11. The highest BCUT2D eigenvalue weighted by atomic mass is 79.9. The fourth-order valence-corrected chi connectivity index (χ4v) is 2.74. The Kier molecular flexibility index (Phi) is 5.81. The van der Waals surface area contributed by atoms with Crippen LogP contribution >= 0.6 is 15.9 Å². The molecule has 0 radical (unpaired) electrons. The number of carbonyl (C=O) groups is 2. The topological polar surface area (TPSA) is 63.6 Å². The SMILES string of the molecule is CCn1cc(Br)cc1C(=O)NCCC(=O)N1CCOCC1. The number of carbonyl (C=O) groups excluding carboxylic acids is 2. The highest BCUT2D eigenvalue weighted by molar-refractivity contribution is 9.10. The molecule has 7 heteroatoms. The third-order valence-electron chi connectivity index (χ3n) is 3.42. The Hall–Kier alpha value is -1.34. The standard InChI is InChI=1S/C14H20BrN3O3/c1-2-17-10-11(15)9-12(17)14(20)16-4-3-13(19)18-5-7-21-8-6-18/h9-10H,2-8H2,1H3,(H,16,20). The van der Waals surface area contributed by atoms with E-state index in [0.29, 0.717) is 45.0 Å². The third-order valence-corrected chi connectivity index (χ3v) is 3.86. The minimum absolute atomic E-state index is 0.0608. The Bertz CT molecular complexity index is 510. The van der Waals surface area contributed by atoms with Crippen LogP contribution in [0.2, 0.25) is 0 Å². The molecule has 0 spiro atoms. The van der Waals surface area contributed by atoms with E-state index in [2.05, 4.69) is 21.2 Å². The molecular weight excluding hydrogens is 338 g/mol. The van der Waals surface area contributed by atoms with Crippen LogP contribution in [0, 0.1) is 0 Å². The Morgan fingerprint density at radius 3 is 2.76 bits per heavy atom. The highest BCUT2D eigenvalue weighted by Crippen LogP contribution is 2.14. The number of morpholine rings is 1. The summed E-state index contributed by atoms with van der Waals surface area (Å²) < 4.78 is 7.95. The molecule has 6 nitrogen and oxygen atoms in total. The molecule has 1 N–H and O–H groups in total. The number of amides is 2. The second-order valence-corrected chi connectivity index (χ2v) is 5.74. The van der Waals surface area contributed by atoms with Crippen LogP contribution in [0.25, 0.3) is 0 Å². The monoisotopic (exact) mass is 357 g/mol. The maximum absolute atomic E-state index is 12.1. The lowest BCUT2D eigenvalue weighted by molar-refractivity contribution is -0.135. The molecule has 2 heterocycles. The van der Waals surface area contributed by atoms with Gasteiger partial charge in [0.25, 0.3) is 5.91 Å². The summed E-state index contributed by atoms with van der Waals surface area (Å²) in [4.78, 5) is 25.8. The lowest BCUT2D eigenvalue weighted by atomic mass is 10.3. The Morgan fingerprint density at radius 1 is 1.38 bits per heavy atom. The average molecular weight is 358 g/mol. The van der Waals surface area contributed by atoms with Crippen molar-refractivity contribution in [3.8, 4) is 0 Å². The summed E-state index contributed by atoms with van der Waals surface area (Å²) in [5.41, 5.74) is 0.600. The molecule has 1 fully saturated rings. The normalized spacial score (nSPS) is 15.0. The molecule has 1 aliphatic heterocycles. The summed E-state index contributed by atoms with van der Waals surface area (Å²) in [6.07, 6.45) is 2.19. The zero-order valence-electron chi connectivity index (χ0n) is 12.1. The van der Waals surface area contributed by atoms with E-state index in [1.54, 1.807) is 11.0 Å². The van der Waals surface area contributed by atoms with Gasteiger partial charge in [0.1, 0.15) is 5.69 Å². The summed E-state index contributed by atoms with van der Waals surface area (Å²) in [6, 6.07) is 1.78. The van der Waals surface area contributed by atoms with Crippen LogP contribution in [0.15, 0.2) is 16.7 Å². The second-order valence-electron chi connectivity index (χ2n) is 4.83. The predicted molar refractivity (Wildman–Crippen MR) is 82.2 cm³/mol. The van der Waals surface area contributed by atoms with Crippen molar-refractivity contribution < 1.29 is 14.3 Å². The number of aromatic nitrogens is 1. The van der Waals surface area contributed by atoms with Gasteiger partial charge in [0.05, 0.1) is 13.2 Å². The number of nitrogens with zero attached hydrogens (tertiary/aromatic N) is 2. The smallest absolute Gasteiger partial charge is 0.267 e. The summed E-state index contributed by atoms with van der Waals surface area (Å²) in [6.45, 7) is 5.51. The van der Waals surface area contributed by atoms with Gasteiger partial charge in [-0.1, -0.05) is 0 Å². The molecule has 0 atom stereocenters. The van der Waals surface area contributed by atoms with Gasteiger partial charge in [-0.15, -0.1) is 0 Å². The molecule has 116 valence electrons. The fourth-order valence-electron chi connectivity index (χ4n) is 2.27. The van der Waals surface area contributed by atoms with Gasteiger partial charge >= 0.3 is 0 Å². The number of halogens is 1. The van der Waals surface area contributed by atoms with Crippen molar-refractivity contribution in [3.05, 3.63) is 22.4 Å². The van der Waals surface area contributed by atoms with Crippen molar-refractivity contribution in [1.82, 2.24) is 14.8 Å². The number of ether oxygens (including phenoxy) is 1. The second kappa shape index (κ2) is 7.61. The molecule has 21 heavy (non-hydrogen) atoms. The first kappa shape index (κ1) is 16.0. The van der Waals surface area contributed by atoms with Gasteiger partial charge in [-0.3, -0.25) is 9.59 Å². The number of hydrogen-bond acceptors (Lipinski definition) is 3. The summed E-state index contributed by atoms with van der Waals surface area (Å²) in [5, 5.41) is 2.80. The molecule has 0 unspecified atom stereocenters. The minimum Gasteiger partial charge on any atom is -0.378 e. The zero-order chi connectivity index (χ0) is 15.2. The van der Waals surface area contributed by atoms with Gasteiger partial charge in [-0.2, -0.15) is 0 Å². The first-order valence-corrected chi connectivity index (χ1v) is 7.90. The van der Waals surface area contributed by atoms with Crippen LogP contribution in [-0.4, -0.2) is 54.1 Å². The molecule has 0 aliphatic carbocycles. The van der Waals surface area contributed by atoms with Gasteiger partial charge in [0, 0.05) is 43.3 Å². The number of nitrogens with one attached hydrogen (secondary N) is 1. The van der Waals surface area contributed by atoms with Gasteiger partial charge < -0.3 is 19.5 Å². The maximum atomic E-state index is 12.1. The predicted octanol–water partition coefficient (Wildman–Crippen LogP) is 1.25. The van der Waals surface area contributed by atoms with Crippen molar-refractivity contribution in [3.63, 3.8) is 0 Å². The van der Waals surface area contributed by atoms with E-state index in [1.807, 2.05) is 17.7 Å². The van der Waals surface area contributed by atoms with Crippen molar-refractivity contribution >= 4 is 27.7 Å². The van der Waals surface area contributed by atoms with E-state index in [9.17, 15) is 9.59 Å². The number of aryl methyl sites for hydroxylation is 1. The Balaban J connectivity index is 1.79. The Labute approximate surface area is 132 Å². The fraction of sp³-hybridized carbons (Fsp3) is 0.571. The molecule has 0 bridgehead atoms.